The van der Waals surface area contributed by atoms with Crippen LogP contribution in [0.25, 0.3) is 0 Å². The van der Waals surface area contributed by atoms with Gasteiger partial charge in [-0.25, -0.2) is 0 Å². The van der Waals surface area contributed by atoms with Crippen LogP contribution in [-0.4, -0.2) is 26.7 Å². The summed E-state index contributed by atoms with van der Waals surface area (Å²) in [5, 5.41) is 17.3. The van der Waals surface area contributed by atoms with Gasteiger partial charge in [-0.15, -0.1) is 0 Å². The van der Waals surface area contributed by atoms with E-state index in [0.717, 1.165) is 12.1 Å². The minimum Gasteiger partial charge on any atom is -0.348 e. The zero-order chi connectivity index (χ0) is 15.4. The minimum atomic E-state index is -0.971. The highest BCUT2D eigenvalue weighted by Crippen LogP contribution is 2.18. The summed E-state index contributed by atoms with van der Waals surface area (Å²) in [4.78, 5) is 21.8. The number of nitro benzene ring substituents is 1. The van der Waals surface area contributed by atoms with Gasteiger partial charge < -0.3 is 5.32 Å². The van der Waals surface area contributed by atoms with E-state index < -0.39 is 22.3 Å². The maximum absolute atomic E-state index is 13.2. The molecule has 8 heteroatoms. The van der Waals surface area contributed by atoms with Crippen LogP contribution in [-0.2, 0) is 6.54 Å². The topological polar surface area (TPSA) is 90.1 Å². The van der Waals surface area contributed by atoms with Crippen LogP contribution in [0.1, 0.15) is 17.3 Å². The molecule has 0 aliphatic rings. The number of hydrogen-bond donors (Lipinski definition) is 1. The van der Waals surface area contributed by atoms with Crippen molar-refractivity contribution >= 4 is 11.6 Å². The summed E-state index contributed by atoms with van der Waals surface area (Å²) in [6.45, 7) is 2.24. The van der Waals surface area contributed by atoms with Crippen molar-refractivity contribution in [2.45, 2.75) is 19.5 Å². The molecule has 2 aromatic rings. The van der Waals surface area contributed by atoms with Gasteiger partial charge in [0.25, 0.3) is 5.91 Å². The summed E-state index contributed by atoms with van der Waals surface area (Å²) < 4.78 is 14.9. The highest BCUT2D eigenvalue weighted by molar-refractivity contribution is 5.95. The summed E-state index contributed by atoms with van der Waals surface area (Å²) in [6.07, 6.45) is 3.38. The summed E-state index contributed by atoms with van der Waals surface area (Å²) >= 11 is 0. The molecule has 1 amide bonds. The number of rotatable bonds is 5. The van der Waals surface area contributed by atoms with E-state index in [1.165, 1.54) is 6.07 Å². The van der Waals surface area contributed by atoms with Crippen LogP contribution >= 0.6 is 0 Å². The first-order chi connectivity index (χ1) is 9.97. The number of aromatic nitrogens is 2. The first-order valence-corrected chi connectivity index (χ1v) is 6.19. The van der Waals surface area contributed by atoms with Crippen molar-refractivity contribution in [2.75, 3.05) is 0 Å². The van der Waals surface area contributed by atoms with Crippen LogP contribution in [0.15, 0.2) is 36.7 Å². The van der Waals surface area contributed by atoms with Gasteiger partial charge in [0.15, 0.2) is 0 Å². The average Bonchev–Trinajstić information content (AvgIpc) is 2.91. The molecule has 2 rings (SSSR count). The van der Waals surface area contributed by atoms with Crippen LogP contribution in [0.2, 0.25) is 0 Å². The van der Waals surface area contributed by atoms with Gasteiger partial charge in [0.1, 0.15) is 0 Å². The van der Waals surface area contributed by atoms with E-state index in [4.69, 9.17) is 0 Å². The standard InChI is InChI=1S/C13H13FN4O3/c1-9(8-17-6-2-5-15-17)16-13(19)10-3-4-11(14)12(7-10)18(20)21/h2-7,9H,8H2,1H3,(H,16,19). The van der Waals surface area contributed by atoms with Crippen LogP contribution in [0, 0.1) is 15.9 Å². The van der Waals surface area contributed by atoms with Gasteiger partial charge in [-0.1, -0.05) is 0 Å². The monoisotopic (exact) mass is 292 g/mol. The number of nitrogens with zero attached hydrogens (tertiary/aromatic N) is 3. The Morgan fingerprint density at radius 2 is 2.33 bits per heavy atom. The Balaban J connectivity index is 2.06. The van der Waals surface area contributed by atoms with Crippen LogP contribution in [0.5, 0.6) is 0 Å². The lowest BCUT2D eigenvalue weighted by Gasteiger charge is -2.14. The Bertz CT molecular complexity index is 657. The molecule has 1 heterocycles. The molecule has 0 saturated heterocycles. The molecule has 1 aromatic heterocycles. The molecule has 1 N–H and O–H groups in total. The smallest absolute Gasteiger partial charge is 0.305 e. The fourth-order valence-corrected chi connectivity index (χ4v) is 1.84. The minimum absolute atomic E-state index is 0.0374. The van der Waals surface area contributed by atoms with E-state index in [-0.39, 0.29) is 11.6 Å². The molecule has 0 saturated carbocycles. The maximum Gasteiger partial charge on any atom is 0.305 e. The van der Waals surface area contributed by atoms with Crippen LogP contribution < -0.4 is 5.32 Å². The van der Waals surface area contributed by atoms with E-state index in [1.54, 1.807) is 30.1 Å². The van der Waals surface area contributed by atoms with Crippen molar-refractivity contribution in [2.24, 2.45) is 0 Å². The third-order valence-electron chi connectivity index (χ3n) is 2.80. The predicted molar refractivity (Wildman–Crippen MR) is 72.2 cm³/mol. The Morgan fingerprint density at radius 1 is 1.57 bits per heavy atom. The Hall–Kier alpha value is -2.77. The van der Waals surface area contributed by atoms with E-state index in [1.807, 2.05) is 0 Å². The highest BCUT2D eigenvalue weighted by Gasteiger charge is 2.18. The number of carbonyl (C=O) groups is 1. The Kier molecular flexibility index (Phi) is 4.27. The van der Waals surface area contributed by atoms with Gasteiger partial charge in [-0.3, -0.25) is 19.6 Å². The van der Waals surface area contributed by atoms with E-state index in [0.29, 0.717) is 6.54 Å². The third-order valence-corrected chi connectivity index (χ3v) is 2.80. The molecule has 110 valence electrons. The number of carbonyl (C=O) groups excluding carboxylic acids is 1. The maximum atomic E-state index is 13.2. The highest BCUT2D eigenvalue weighted by atomic mass is 19.1. The van der Waals surface area contributed by atoms with Crippen molar-refractivity contribution in [1.29, 1.82) is 0 Å². The lowest BCUT2D eigenvalue weighted by molar-refractivity contribution is -0.387. The molecule has 1 atom stereocenters. The van der Waals surface area contributed by atoms with Crippen molar-refractivity contribution < 1.29 is 14.1 Å². The van der Waals surface area contributed by atoms with E-state index in [9.17, 15) is 19.3 Å². The largest absolute Gasteiger partial charge is 0.348 e. The van der Waals surface area contributed by atoms with Crippen LogP contribution in [0.4, 0.5) is 10.1 Å². The summed E-state index contributed by atoms with van der Waals surface area (Å²) in [7, 11) is 0. The van der Waals surface area contributed by atoms with E-state index >= 15 is 0 Å². The van der Waals surface area contributed by atoms with E-state index in [2.05, 4.69) is 10.4 Å². The molecular weight excluding hydrogens is 279 g/mol. The van der Waals surface area contributed by atoms with Crippen molar-refractivity contribution in [3.63, 3.8) is 0 Å². The number of nitro groups is 1. The summed E-state index contributed by atoms with van der Waals surface area (Å²) in [6, 6.07) is 4.56. The van der Waals surface area contributed by atoms with Crippen molar-refractivity contribution in [1.82, 2.24) is 15.1 Å². The molecule has 0 aliphatic heterocycles. The number of nitrogens with one attached hydrogen (secondary N) is 1. The number of hydrogen-bond acceptors (Lipinski definition) is 4. The lowest BCUT2D eigenvalue weighted by atomic mass is 10.1. The number of amides is 1. The average molecular weight is 292 g/mol. The van der Waals surface area contributed by atoms with Gasteiger partial charge in [-0.05, 0) is 25.1 Å². The Labute approximate surface area is 119 Å². The lowest BCUT2D eigenvalue weighted by Crippen LogP contribution is -2.35. The fraction of sp³-hybridized carbons (Fsp3) is 0.231. The fourth-order valence-electron chi connectivity index (χ4n) is 1.84. The molecule has 21 heavy (non-hydrogen) atoms. The normalized spacial score (nSPS) is 11.9. The third kappa shape index (κ3) is 3.62. The first-order valence-electron chi connectivity index (χ1n) is 6.19. The predicted octanol–water partition coefficient (Wildman–Crippen LogP) is 1.75. The van der Waals surface area contributed by atoms with Crippen molar-refractivity contribution in [3.8, 4) is 0 Å². The van der Waals surface area contributed by atoms with Crippen LogP contribution in [0.3, 0.4) is 0 Å². The molecule has 7 nitrogen and oxygen atoms in total. The molecule has 0 bridgehead atoms. The molecule has 1 unspecified atom stereocenters. The molecule has 0 radical (unpaired) electrons. The molecular formula is C13H13FN4O3. The second-order valence-electron chi connectivity index (χ2n) is 4.53. The second-order valence-corrected chi connectivity index (χ2v) is 4.53. The van der Waals surface area contributed by atoms with Gasteiger partial charge in [-0.2, -0.15) is 9.49 Å². The molecule has 0 fully saturated rings. The van der Waals surface area contributed by atoms with Crippen molar-refractivity contribution in [3.05, 3.63) is 58.2 Å². The Morgan fingerprint density at radius 3 is 2.95 bits per heavy atom. The van der Waals surface area contributed by atoms with Gasteiger partial charge >= 0.3 is 5.69 Å². The first kappa shape index (κ1) is 14.6. The zero-order valence-electron chi connectivity index (χ0n) is 11.2. The summed E-state index contributed by atoms with van der Waals surface area (Å²) in [5.74, 6) is -1.47. The molecule has 0 aliphatic carbocycles. The van der Waals surface area contributed by atoms with Gasteiger partial charge in [0.05, 0.1) is 11.5 Å². The zero-order valence-corrected chi connectivity index (χ0v) is 11.2. The number of halogens is 1. The number of benzene rings is 1. The van der Waals surface area contributed by atoms with Gasteiger partial charge in [0, 0.05) is 30.1 Å². The SMILES string of the molecule is CC(Cn1cccn1)NC(=O)c1ccc(F)c([N+](=O)[O-])c1. The molecule has 0 spiro atoms. The molecule has 1 aromatic carbocycles. The summed E-state index contributed by atoms with van der Waals surface area (Å²) in [5.41, 5.74) is -0.683. The quantitative estimate of drug-likeness (QED) is 0.671. The second kappa shape index (κ2) is 6.12. The van der Waals surface area contributed by atoms with Gasteiger partial charge in [0.2, 0.25) is 5.82 Å².